The number of nitrogens with one attached hydrogen (secondary N) is 1. The number of carbonyl (C=O) groups excluding carboxylic acids is 3. The van der Waals surface area contributed by atoms with Crippen LogP contribution in [0.1, 0.15) is 23.6 Å². The van der Waals surface area contributed by atoms with Crippen LogP contribution in [0.25, 0.3) is 6.08 Å². The fourth-order valence-electron chi connectivity index (χ4n) is 3.85. The number of hydrogen-bond acceptors (Lipinski definition) is 7. The Balaban J connectivity index is 1.39. The van der Waals surface area contributed by atoms with Crippen molar-refractivity contribution in [3.05, 3.63) is 87.3 Å². The minimum atomic E-state index is -0.380. The average molecular weight is 581 g/mol. The van der Waals surface area contributed by atoms with Gasteiger partial charge in [0, 0.05) is 0 Å². The smallest absolute Gasteiger partial charge is 0.293 e. The highest BCUT2D eigenvalue weighted by atomic mass is 35.5. The fourth-order valence-corrected chi connectivity index (χ4v) is 4.90. The molecule has 0 saturated carbocycles. The first-order valence-corrected chi connectivity index (χ1v) is 13.8. The highest BCUT2D eigenvalue weighted by Gasteiger charge is 2.34. The van der Waals surface area contributed by atoms with Crippen LogP contribution in [0.4, 0.5) is 10.5 Å². The number of ether oxygens (including phenoxy) is 3. The molecule has 1 heterocycles. The van der Waals surface area contributed by atoms with Crippen molar-refractivity contribution in [3.8, 4) is 17.2 Å². The number of para-hydroxylation sites is 1. The Morgan fingerprint density at radius 1 is 0.975 bits per heavy atom. The first-order chi connectivity index (χ1) is 19.2. The van der Waals surface area contributed by atoms with E-state index in [-0.39, 0.29) is 36.8 Å². The Morgan fingerprint density at radius 2 is 1.77 bits per heavy atom. The summed E-state index contributed by atoms with van der Waals surface area (Å²) < 4.78 is 17.2. The third kappa shape index (κ3) is 7.37. The summed E-state index contributed by atoms with van der Waals surface area (Å²) in [6.07, 6.45) is 1.63. The molecule has 0 aliphatic carbocycles. The van der Waals surface area contributed by atoms with Gasteiger partial charge in [-0.2, -0.15) is 0 Å². The van der Waals surface area contributed by atoms with Crippen LogP contribution in [0.2, 0.25) is 5.02 Å². The molecule has 1 aliphatic heterocycles. The zero-order valence-corrected chi connectivity index (χ0v) is 23.9. The summed E-state index contributed by atoms with van der Waals surface area (Å²) in [4.78, 5) is 39.4. The van der Waals surface area contributed by atoms with E-state index in [1.54, 1.807) is 48.5 Å². The molecule has 10 heteroatoms. The van der Waals surface area contributed by atoms with Gasteiger partial charge >= 0.3 is 0 Å². The monoisotopic (exact) mass is 580 g/mol. The summed E-state index contributed by atoms with van der Waals surface area (Å²) in [5, 5.41) is 2.77. The Hall–Kier alpha value is -3.95. The van der Waals surface area contributed by atoms with E-state index in [9.17, 15) is 14.4 Å². The molecule has 1 N–H and O–H groups in total. The number of amides is 3. The molecule has 0 unspecified atom stereocenters. The van der Waals surface area contributed by atoms with Gasteiger partial charge in [0.05, 0.1) is 28.8 Å². The normalized spacial score (nSPS) is 14.0. The van der Waals surface area contributed by atoms with Gasteiger partial charge in [-0.25, -0.2) is 0 Å². The standard InChI is InChI=1S/C30H29ClN2O6S/c1-4-37-26-16-21(11-12-24(26)39-18-28(34)32-23-8-6-5-7-22(23)31)17-27-29(35)33(30(36)40-27)13-14-38-25-15-19(2)9-10-20(25)3/h5-12,15-17H,4,13-14,18H2,1-3H3,(H,32,34)/b27-17-. The van der Waals surface area contributed by atoms with Crippen LogP contribution in [0.5, 0.6) is 17.2 Å². The van der Waals surface area contributed by atoms with Crippen LogP contribution >= 0.6 is 23.4 Å². The number of thioether (sulfide) groups is 1. The maximum absolute atomic E-state index is 13.0. The molecule has 1 saturated heterocycles. The first kappa shape index (κ1) is 29.0. The van der Waals surface area contributed by atoms with E-state index in [1.807, 2.05) is 39.0 Å². The lowest BCUT2D eigenvalue weighted by molar-refractivity contribution is -0.123. The Morgan fingerprint density at radius 3 is 2.55 bits per heavy atom. The van der Waals surface area contributed by atoms with E-state index in [1.165, 1.54) is 4.90 Å². The van der Waals surface area contributed by atoms with E-state index in [4.69, 9.17) is 25.8 Å². The lowest BCUT2D eigenvalue weighted by Gasteiger charge is -2.15. The van der Waals surface area contributed by atoms with Gasteiger partial charge in [-0.1, -0.05) is 41.9 Å². The van der Waals surface area contributed by atoms with Crippen molar-refractivity contribution in [1.82, 2.24) is 4.90 Å². The molecule has 1 aliphatic rings. The number of rotatable bonds is 11. The molecule has 40 heavy (non-hydrogen) atoms. The van der Waals surface area contributed by atoms with Crippen molar-refractivity contribution in [1.29, 1.82) is 0 Å². The van der Waals surface area contributed by atoms with Crippen LogP contribution in [0.15, 0.2) is 65.6 Å². The minimum absolute atomic E-state index is 0.141. The van der Waals surface area contributed by atoms with E-state index in [0.717, 1.165) is 28.6 Å². The van der Waals surface area contributed by atoms with Crippen molar-refractivity contribution in [2.75, 3.05) is 31.7 Å². The number of halogens is 1. The van der Waals surface area contributed by atoms with Gasteiger partial charge in [-0.05, 0) is 85.6 Å². The van der Waals surface area contributed by atoms with E-state index >= 15 is 0 Å². The van der Waals surface area contributed by atoms with Crippen LogP contribution in [0, 0.1) is 13.8 Å². The number of aryl methyl sites for hydroxylation is 2. The summed E-state index contributed by atoms with van der Waals surface area (Å²) in [5.74, 6) is 0.742. The van der Waals surface area contributed by atoms with Crippen molar-refractivity contribution in [3.63, 3.8) is 0 Å². The topological polar surface area (TPSA) is 94.2 Å². The molecular weight excluding hydrogens is 552 g/mol. The molecule has 3 amide bonds. The van der Waals surface area contributed by atoms with Gasteiger partial charge in [0.15, 0.2) is 18.1 Å². The second-order valence-corrected chi connectivity index (χ2v) is 10.3. The minimum Gasteiger partial charge on any atom is -0.491 e. The molecular formula is C30H29ClN2O6S. The van der Waals surface area contributed by atoms with E-state index < -0.39 is 0 Å². The van der Waals surface area contributed by atoms with Crippen LogP contribution in [-0.4, -0.2) is 48.3 Å². The second kappa shape index (κ2) is 13.4. The van der Waals surface area contributed by atoms with E-state index in [2.05, 4.69) is 5.32 Å². The summed E-state index contributed by atoms with van der Waals surface area (Å²) >= 11 is 6.97. The summed E-state index contributed by atoms with van der Waals surface area (Å²) in [5.41, 5.74) is 3.19. The first-order valence-electron chi connectivity index (χ1n) is 12.6. The largest absolute Gasteiger partial charge is 0.491 e. The summed E-state index contributed by atoms with van der Waals surface area (Å²) in [7, 11) is 0. The van der Waals surface area contributed by atoms with E-state index in [0.29, 0.717) is 39.3 Å². The molecule has 1 fully saturated rings. The van der Waals surface area contributed by atoms with Crippen molar-refractivity contribution in [2.24, 2.45) is 0 Å². The second-order valence-electron chi connectivity index (χ2n) is 8.91. The van der Waals surface area contributed by atoms with Gasteiger partial charge < -0.3 is 19.5 Å². The maximum atomic E-state index is 13.0. The molecule has 3 aromatic carbocycles. The fraction of sp³-hybridized carbons (Fsp3) is 0.233. The highest BCUT2D eigenvalue weighted by molar-refractivity contribution is 8.18. The summed E-state index contributed by atoms with van der Waals surface area (Å²) in [6, 6.07) is 17.9. The van der Waals surface area contributed by atoms with Crippen molar-refractivity contribution in [2.45, 2.75) is 20.8 Å². The number of carbonyl (C=O) groups is 3. The predicted octanol–water partition coefficient (Wildman–Crippen LogP) is 6.49. The molecule has 0 radical (unpaired) electrons. The number of hydrogen-bond donors (Lipinski definition) is 1. The predicted molar refractivity (Wildman–Crippen MR) is 157 cm³/mol. The Bertz CT molecular complexity index is 1460. The average Bonchev–Trinajstić information content (AvgIpc) is 3.19. The Kier molecular flexibility index (Phi) is 9.74. The van der Waals surface area contributed by atoms with Gasteiger partial charge in [-0.15, -0.1) is 0 Å². The lowest BCUT2D eigenvalue weighted by Crippen LogP contribution is -2.32. The molecule has 8 nitrogen and oxygen atoms in total. The van der Waals surface area contributed by atoms with Gasteiger partial charge in [0.25, 0.3) is 17.1 Å². The lowest BCUT2D eigenvalue weighted by atomic mass is 10.1. The number of imide groups is 1. The molecule has 208 valence electrons. The van der Waals surface area contributed by atoms with Crippen LogP contribution in [0.3, 0.4) is 0 Å². The third-order valence-corrected chi connectivity index (χ3v) is 7.10. The number of benzene rings is 3. The summed E-state index contributed by atoms with van der Waals surface area (Å²) in [6.45, 7) is 6.19. The quantitative estimate of drug-likeness (QED) is 0.259. The zero-order chi connectivity index (χ0) is 28.6. The van der Waals surface area contributed by atoms with Gasteiger partial charge in [-0.3, -0.25) is 19.3 Å². The van der Waals surface area contributed by atoms with Crippen molar-refractivity contribution >= 4 is 52.2 Å². The maximum Gasteiger partial charge on any atom is 0.293 e. The SMILES string of the molecule is CCOc1cc(/C=C2\SC(=O)N(CCOc3cc(C)ccc3C)C2=O)ccc1OCC(=O)Nc1ccccc1Cl. The van der Waals surface area contributed by atoms with Gasteiger partial charge in [0.1, 0.15) is 12.4 Å². The molecule has 4 rings (SSSR count). The number of anilines is 1. The molecule has 0 aromatic heterocycles. The van der Waals surface area contributed by atoms with Crippen LogP contribution < -0.4 is 19.5 Å². The highest BCUT2D eigenvalue weighted by Crippen LogP contribution is 2.35. The Labute approximate surface area is 242 Å². The number of nitrogens with zero attached hydrogens (tertiary/aromatic N) is 1. The van der Waals surface area contributed by atoms with Crippen LogP contribution in [-0.2, 0) is 9.59 Å². The molecule has 0 bridgehead atoms. The van der Waals surface area contributed by atoms with Gasteiger partial charge in [0.2, 0.25) is 0 Å². The van der Waals surface area contributed by atoms with Crippen molar-refractivity contribution < 1.29 is 28.6 Å². The molecule has 3 aromatic rings. The molecule has 0 atom stereocenters. The molecule has 0 spiro atoms. The third-order valence-electron chi connectivity index (χ3n) is 5.86. The zero-order valence-electron chi connectivity index (χ0n) is 22.4.